The fourth-order valence-corrected chi connectivity index (χ4v) is 9.84. The Morgan fingerprint density at radius 2 is 1.67 bits per heavy atom. The topological polar surface area (TPSA) is 12.0 Å². The molecule has 1 nitrogen and oxygen atoms in total. The molecule has 214 valence electrons. The smallest absolute Gasteiger partial charge is 0.0750 e. The molecule has 0 aromatic heterocycles. The van der Waals surface area contributed by atoms with Gasteiger partial charge in [0, 0.05) is 11.4 Å². The largest absolute Gasteiger partial charge is 0.359 e. The SMILES string of the molecule is CCC(C)C(/C=C1\CC2=C(CC3CCC=CC3=C2)P1)=C\C1=C(C)Nc2ccccc2C12c1ccccc1-c1ccccc12. The average molecular weight is 578 g/mol. The molecule has 0 radical (unpaired) electrons. The summed E-state index contributed by atoms with van der Waals surface area (Å²) in [5.41, 5.74) is 15.0. The lowest BCUT2D eigenvalue weighted by Gasteiger charge is -2.41. The van der Waals surface area contributed by atoms with E-state index in [4.69, 9.17) is 0 Å². The number of anilines is 1. The van der Waals surface area contributed by atoms with Crippen LogP contribution < -0.4 is 5.32 Å². The second kappa shape index (κ2) is 10.5. The van der Waals surface area contributed by atoms with Gasteiger partial charge in [0.2, 0.25) is 0 Å². The van der Waals surface area contributed by atoms with Crippen LogP contribution in [0.2, 0.25) is 0 Å². The molecule has 2 heterocycles. The summed E-state index contributed by atoms with van der Waals surface area (Å²) in [5.74, 6) is 1.21. The number of fused-ring (bicyclic) bond motifs is 8. The Kier molecular flexibility index (Phi) is 6.57. The summed E-state index contributed by atoms with van der Waals surface area (Å²) in [5, 5.41) is 7.17. The van der Waals surface area contributed by atoms with Crippen molar-refractivity contribution >= 4 is 14.3 Å². The number of para-hydroxylation sites is 1. The van der Waals surface area contributed by atoms with Crippen LogP contribution in [0.25, 0.3) is 11.1 Å². The summed E-state index contributed by atoms with van der Waals surface area (Å²) in [4.78, 5) is 0. The highest BCUT2D eigenvalue weighted by atomic mass is 31.1. The molecule has 43 heavy (non-hydrogen) atoms. The maximum atomic E-state index is 3.84. The van der Waals surface area contributed by atoms with Crippen LogP contribution in [0.3, 0.4) is 0 Å². The highest BCUT2D eigenvalue weighted by Gasteiger charge is 2.50. The molecule has 0 amide bonds. The quantitative estimate of drug-likeness (QED) is 0.304. The van der Waals surface area contributed by atoms with Gasteiger partial charge >= 0.3 is 0 Å². The molecule has 2 aliphatic heterocycles. The van der Waals surface area contributed by atoms with Gasteiger partial charge in [-0.3, -0.25) is 0 Å². The van der Waals surface area contributed by atoms with E-state index >= 15 is 0 Å². The summed E-state index contributed by atoms with van der Waals surface area (Å²) in [6.45, 7) is 7.04. The van der Waals surface area contributed by atoms with Crippen molar-refractivity contribution in [2.75, 3.05) is 5.32 Å². The monoisotopic (exact) mass is 577 g/mol. The van der Waals surface area contributed by atoms with Crippen molar-refractivity contribution in [1.82, 2.24) is 0 Å². The first-order valence-corrected chi connectivity index (χ1v) is 17.1. The number of rotatable bonds is 4. The van der Waals surface area contributed by atoms with E-state index in [-0.39, 0.29) is 5.41 Å². The summed E-state index contributed by atoms with van der Waals surface area (Å²) in [7, 11) is 0.836. The van der Waals surface area contributed by atoms with Crippen molar-refractivity contribution in [2.45, 2.75) is 58.3 Å². The normalized spacial score (nSPS) is 23.5. The number of allylic oxidation sites excluding steroid dienone is 12. The molecule has 0 bridgehead atoms. The summed E-state index contributed by atoms with van der Waals surface area (Å²) >= 11 is 0. The molecule has 2 heteroatoms. The molecule has 1 spiro atoms. The Hall–Kier alpha value is -3.67. The van der Waals surface area contributed by atoms with E-state index in [0.717, 1.165) is 27.3 Å². The molecule has 3 unspecified atom stereocenters. The Bertz CT molecular complexity index is 1790. The van der Waals surface area contributed by atoms with E-state index in [0.29, 0.717) is 5.92 Å². The van der Waals surface area contributed by atoms with Gasteiger partial charge in [-0.1, -0.05) is 120 Å². The van der Waals surface area contributed by atoms with Crippen molar-refractivity contribution < 1.29 is 0 Å². The predicted octanol–water partition coefficient (Wildman–Crippen LogP) is 11.2. The molecule has 3 aromatic rings. The van der Waals surface area contributed by atoms with Gasteiger partial charge in [0.25, 0.3) is 0 Å². The number of hydrogen-bond acceptors (Lipinski definition) is 1. The number of nitrogens with one attached hydrogen (secondary N) is 1. The highest BCUT2D eigenvalue weighted by Crippen LogP contribution is 2.60. The Morgan fingerprint density at radius 3 is 2.42 bits per heavy atom. The lowest BCUT2D eigenvalue weighted by atomic mass is 9.64. The van der Waals surface area contributed by atoms with Crippen molar-refractivity contribution in [2.24, 2.45) is 11.8 Å². The molecule has 1 N–H and O–H groups in total. The molecular formula is C41H40NP. The molecule has 0 fully saturated rings. The second-order valence-corrected chi connectivity index (χ2v) is 14.5. The van der Waals surface area contributed by atoms with Crippen molar-refractivity contribution in [3.63, 3.8) is 0 Å². The predicted molar refractivity (Wildman–Crippen MR) is 185 cm³/mol. The fourth-order valence-electron chi connectivity index (χ4n) is 8.27. The average Bonchev–Trinajstić information content (AvgIpc) is 3.57. The van der Waals surface area contributed by atoms with Gasteiger partial charge < -0.3 is 5.32 Å². The van der Waals surface area contributed by atoms with E-state index in [2.05, 4.69) is 129 Å². The third-order valence-corrected chi connectivity index (χ3v) is 12.1. The molecule has 3 aromatic carbocycles. The Morgan fingerprint density at radius 1 is 0.977 bits per heavy atom. The minimum atomic E-state index is -0.349. The van der Waals surface area contributed by atoms with E-state index in [9.17, 15) is 0 Å². The zero-order valence-electron chi connectivity index (χ0n) is 25.5. The standard InChI is InChI=1S/C41H40NP/c1-4-26(2)30(22-32-23-31-21-28-13-5-6-14-29(28)25-40(31)43-32)24-38-27(3)42-39-20-12-11-19-37(39)41(38)35-17-9-7-15-33(35)34-16-8-10-18-36(34)41/h5,7-13,15-22,24,26,29,42-43H,4,6,14,23,25H2,1-3H3/b30-24-,32-22+. The van der Waals surface area contributed by atoms with Gasteiger partial charge in [-0.25, -0.2) is 0 Å². The van der Waals surface area contributed by atoms with Crippen LogP contribution in [0.15, 0.2) is 142 Å². The van der Waals surface area contributed by atoms with Crippen molar-refractivity contribution in [3.8, 4) is 11.1 Å². The molecule has 8 rings (SSSR count). The zero-order chi connectivity index (χ0) is 29.1. The van der Waals surface area contributed by atoms with Gasteiger partial charge in [-0.2, -0.15) is 0 Å². The molecule has 0 saturated heterocycles. The van der Waals surface area contributed by atoms with Crippen LogP contribution in [0, 0.1) is 11.8 Å². The first-order valence-electron chi connectivity index (χ1n) is 16.1. The lowest BCUT2D eigenvalue weighted by Crippen LogP contribution is -2.35. The first kappa shape index (κ1) is 26.9. The minimum Gasteiger partial charge on any atom is -0.359 e. The maximum Gasteiger partial charge on any atom is 0.0750 e. The van der Waals surface area contributed by atoms with Crippen LogP contribution in [0.5, 0.6) is 0 Å². The third-order valence-electron chi connectivity index (χ3n) is 10.6. The Labute approximate surface area is 258 Å². The van der Waals surface area contributed by atoms with Gasteiger partial charge in [0.05, 0.1) is 5.41 Å². The van der Waals surface area contributed by atoms with E-state index in [1.54, 1.807) is 21.8 Å². The van der Waals surface area contributed by atoms with Crippen LogP contribution in [-0.4, -0.2) is 0 Å². The summed E-state index contributed by atoms with van der Waals surface area (Å²) in [6, 6.07) is 27.2. The molecule has 3 aliphatic carbocycles. The van der Waals surface area contributed by atoms with E-state index in [1.165, 1.54) is 69.6 Å². The van der Waals surface area contributed by atoms with Crippen LogP contribution in [0.4, 0.5) is 5.69 Å². The van der Waals surface area contributed by atoms with E-state index in [1.807, 2.05) is 0 Å². The second-order valence-electron chi connectivity index (χ2n) is 13.0. The third kappa shape index (κ3) is 4.16. The van der Waals surface area contributed by atoms with Crippen LogP contribution >= 0.6 is 8.58 Å². The summed E-state index contributed by atoms with van der Waals surface area (Å²) in [6.07, 6.45) is 18.5. The maximum absolute atomic E-state index is 3.84. The Balaban J connectivity index is 1.29. The first-order chi connectivity index (χ1) is 21.1. The van der Waals surface area contributed by atoms with Crippen molar-refractivity contribution in [3.05, 3.63) is 158 Å². The molecular weight excluding hydrogens is 537 g/mol. The fraction of sp³-hybridized carbons (Fsp3) is 0.268. The van der Waals surface area contributed by atoms with Gasteiger partial charge in [0.15, 0.2) is 0 Å². The van der Waals surface area contributed by atoms with Gasteiger partial charge in [-0.05, 0) is 118 Å². The van der Waals surface area contributed by atoms with Gasteiger partial charge in [0.1, 0.15) is 0 Å². The van der Waals surface area contributed by atoms with Crippen LogP contribution in [-0.2, 0) is 5.41 Å². The van der Waals surface area contributed by atoms with E-state index < -0.39 is 0 Å². The van der Waals surface area contributed by atoms with Crippen LogP contribution in [0.1, 0.15) is 69.6 Å². The van der Waals surface area contributed by atoms with Gasteiger partial charge in [-0.15, -0.1) is 0 Å². The number of hydrogen-bond donors (Lipinski definition) is 1. The van der Waals surface area contributed by atoms with Crippen molar-refractivity contribution in [1.29, 1.82) is 0 Å². The highest BCUT2D eigenvalue weighted by molar-refractivity contribution is 7.48. The number of benzene rings is 3. The minimum absolute atomic E-state index is 0.349. The molecule has 5 aliphatic rings. The molecule has 3 atom stereocenters. The molecule has 0 saturated carbocycles. The summed E-state index contributed by atoms with van der Waals surface area (Å²) < 4.78 is 0. The zero-order valence-corrected chi connectivity index (χ0v) is 26.5. The lowest BCUT2D eigenvalue weighted by molar-refractivity contribution is 0.559.